The molecule has 0 spiro atoms. The molecule has 0 amide bonds. The fourth-order valence-electron chi connectivity index (χ4n) is 5.20. The molecule has 0 bridgehead atoms. The number of quaternary nitrogens is 2. The Morgan fingerprint density at radius 2 is 1.72 bits per heavy atom. The molecule has 1 saturated heterocycles. The number of hydrogen-bond donors (Lipinski definition) is 3. The van der Waals surface area contributed by atoms with Crippen LogP contribution in [0.25, 0.3) is 11.4 Å². The quantitative estimate of drug-likeness (QED) is 0.662. The first-order valence-electron chi connectivity index (χ1n) is 11.1. The molecule has 156 valence electrons. The zero-order valence-corrected chi connectivity index (χ0v) is 17.9. The lowest BCUT2D eigenvalue weighted by Gasteiger charge is -2.41. The molecule has 3 N–H and O–H groups in total. The van der Waals surface area contributed by atoms with Gasteiger partial charge in [-0.2, -0.15) is 0 Å². The van der Waals surface area contributed by atoms with E-state index in [0.29, 0.717) is 12.6 Å². The minimum atomic E-state index is 0.299. The molecule has 0 radical (unpaired) electrons. The van der Waals surface area contributed by atoms with E-state index in [1.807, 2.05) is 36.7 Å². The third-order valence-electron chi connectivity index (χ3n) is 6.70. The van der Waals surface area contributed by atoms with E-state index in [0.717, 1.165) is 42.0 Å². The third kappa shape index (κ3) is 5.34. The predicted molar refractivity (Wildman–Crippen MR) is 115 cm³/mol. The van der Waals surface area contributed by atoms with Crippen LogP contribution in [0.5, 0.6) is 0 Å². The minimum Gasteiger partial charge on any atom is -0.396 e. The van der Waals surface area contributed by atoms with E-state index in [1.165, 1.54) is 50.8 Å². The van der Waals surface area contributed by atoms with Crippen LogP contribution in [0, 0.1) is 0 Å². The maximum absolute atomic E-state index is 9.62. The van der Waals surface area contributed by atoms with E-state index in [2.05, 4.69) is 9.97 Å². The lowest BCUT2D eigenvalue weighted by atomic mass is 9.92. The maximum atomic E-state index is 9.62. The molecular formula is C23H33ClN4O+2. The van der Waals surface area contributed by atoms with Crippen molar-refractivity contribution in [1.29, 1.82) is 0 Å². The maximum Gasteiger partial charge on any atom is 0.159 e. The molecule has 1 saturated carbocycles. The van der Waals surface area contributed by atoms with Crippen LogP contribution in [-0.4, -0.2) is 53.4 Å². The SMILES string of the molecule is OCCC1C[NH+](Cc2cnc(-c3ccc(Cl)cc3)nc2)CC[NH+]1C1CCCCC1. The van der Waals surface area contributed by atoms with Gasteiger partial charge < -0.3 is 14.9 Å². The summed E-state index contributed by atoms with van der Waals surface area (Å²) in [5, 5.41) is 10.3. The summed E-state index contributed by atoms with van der Waals surface area (Å²) in [6, 6.07) is 9.02. The Morgan fingerprint density at radius 3 is 2.41 bits per heavy atom. The fraction of sp³-hybridized carbons (Fsp3) is 0.565. The van der Waals surface area contributed by atoms with E-state index >= 15 is 0 Å². The summed E-state index contributed by atoms with van der Waals surface area (Å²) in [5.74, 6) is 0.741. The van der Waals surface area contributed by atoms with Crippen molar-refractivity contribution in [2.24, 2.45) is 0 Å². The number of hydrogen-bond acceptors (Lipinski definition) is 3. The number of nitrogens with one attached hydrogen (secondary N) is 2. The molecule has 2 aromatic rings. The van der Waals surface area contributed by atoms with Crippen molar-refractivity contribution in [2.45, 2.75) is 57.2 Å². The van der Waals surface area contributed by atoms with Crippen molar-refractivity contribution in [1.82, 2.24) is 9.97 Å². The summed E-state index contributed by atoms with van der Waals surface area (Å²) in [6.07, 6.45) is 11.7. The number of rotatable bonds is 6. The van der Waals surface area contributed by atoms with Gasteiger partial charge in [-0.05, 0) is 49.9 Å². The molecular weight excluding hydrogens is 384 g/mol. The van der Waals surface area contributed by atoms with Gasteiger partial charge in [-0.3, -0.25) is 0 Å². The van der Waals surface area contributed by atoms with Crippen molar-refractivity contribution in [3.8, 4) is 11.4 Å². The zero-order valence-electron chi connectivity index (χ0n) is 17.1. The molecule has 2 aliphatic rings. The third-order valence-corrected chi connectivity index (χ3v) is 6.95. The van der Waals surface area contributed by atoms with Crippen LogP contribution >= 0.6 is 11.6 Å². The first-order valence-corrected chi connectivity index (χ1v) is 11.5. The molecule has 2 fully saturated rings. The molecule has 1 aromatic heterocycles. The normalized spacial score (nSPS) is 25.8. The van der Waals surface area contributed by atoms with E-state index in [1.54, 1.807) is 9.80 Å². The van der Waals surface area contributed by atoms with Crippen LogP contribution in [0.2, 0.25) is 5.02 Å². The van der Waals surface area contributed by atoms with Crippen LogP contribution < -0.4 is 9.80 Å². The summed E-state index contributed by atoms with van der Waals surface area (Å²) in [7, 11) is 0. The smallest absolute Gasteiger partial charge is 0.159 e. The Balaban J connectivity index is 1.37. The summed E-state index contributed by atoms with van der Waals surface area (Å²) in [6.45, 7) is 4.79. The topological polar surface area (TPSA) is 54.9 Å². The van der Waals surface area contributed by atoms with Crippen LogP contribution in [0.4, 0.5) is 0 Å². The summed E-state index contributed by atoms with van der Waals surface area (Å²) >= 11 is 5.97. The van der Waals surface area contributed by atoms with Gasteiger partial charge in [-0.25, -0.2) is 9.97 Å². The first kappa shape index (κ1) is 20.7. The number of aliphatic hydroxyl groups excluding tert-OH is 1. The second-order valence-corrected chi connectivity index (χ2v) is 9.11. The van der Waals surface area contributed by atoms with Crippen LogP contribution in [0.15, 0.2) is 36.7 Å². The molecule has 6 heteroatoms. The van der Waals surface area contributed by atoms with E-state index < -0.39 is 0 Å². The summed E-state index contributed by atoms with van der Waals surface area (Å²) in [4.78, 5) is 12.5. The Hall–Kier alpha value is -1.53. The highest BCUT2D eigenvalue weighted by Crippen LogP contribution is 2.18. The highest BCUT2D eigenvalue weighted by molar-refractivity contribution is 6.30. The predicted octanol–water partition coefficient (Wildman–Crippen LogP) is 1.16. The standard InChI is InChI=1S/C23H31ClN4O/c24-20-8-6-19(7-9-20)23-25-14-18(15-26-23)16-27-11-12-28(22(17-27)10-13-29)21-4-2-1-3-5-21/h6-9,14-15,21-22,29H,1-5,10-13,16-17H2/p+2. The molecule has 3 unspecified atom stereocenters. The van der Waals surface area contributed by atoms with Crippen molar-refractivity contribution < 1.29 is 14.9 Å². The largest absolute Gasteiger partial charge is 0.396 e. The number of nitrogens with zero attached hydrogens (tertiary/aromatic N) is 2. The van der Waals surface area contributed by atoms with Crippen LogP contribution in [0.1, 0.15) is 44.1 Å². The Kier molecular flexibility index (Phi) is 7.14. The van der Waals surface area contributed by atoms with Crippen LogP contribution in [-0.2, 0) is 6.54 Å². The molecule has 4 rings (SSSR count). The van der Waals surface area contributed by atoms with Gasteiger partial charge in [0.25, 0.3) is 0 Å². The van der Waals surface area contributed by atoms with Gasteiger partial charge in [0.15, 0.2) is 5.82 Å². The average Bonchev–Trinajstić information content (AvgIpc) is 2.76. The molecule has 2 heterocycles. The lowest BCUT2D eigenvalue weighted by Crippen LogP contribution is -3.32. The highest BCUT2D eigenvalue weighted by Gasteiger charge is 2.38. The van der Waals surface area contributed by atoms with Gasteiger partial charge in [0.2, 0.25) is 0 Å². The van der Waals surface area contributed by atoms with E-state index in [9.17, 15) is 5.11 Å². The van der Waals surface area contributed by atoms with Crippen molar-refractivity contribution >= 4 is 11.6 Å². The number of benzene rings is 1. The monoisotopic (exact) mass is 416 g/mol. The van der Waals surface area contributed by atoms with E-state index in [-0.39, 0.29) is 0 Å². The van der Waals surface area contributed by atoms with Gasteiger partial charge in [0.05, 0.1) is 6.04 Å². The Labute approximate surface area is 178 Å². The van der Waals surface area contributed by atoms with Gasteiger partial charge in [0, 0.05) is 41.6 Å². The number of aliphatic hydroxyl groups is 1. The molecule has 3 atom stereocenters. The first-order chi connectivity index (χ1) is 14.2. The number of halogens is 1. The Bertz CT molecular complexity index is 761. The fourth-order valence-corrected chi connectivity index (χ4v) is 5.33. The van der Waals surface area contributed by atoms with Gasteiger partial charge in [-0.15, -0.1) is 0 Å². The summed E-state index contributed by atoms with van der Waals surface area (Å²) < 4.78 is 0. The number of piperazine rings is 1. The molecule has 29 heavy (non-hydrogen) atoms. The lowest BCUT2D eigenvalue weighted by molar-refractivity contribution is -1.05. The molecule has 1 aromatic carbocycles. The van der Waals surface area contributed by atoms with Crippen molar-refractivity contribution in [3.63, 3.8) is 0 Å². The summed E-state index contributed by atoms with van der Waals surface area (Å²) in [5.41, 5.74) is 2.17. The second kappa shape index (κ2) is 9.98. The zero-order chi connectivity index (χ0) is 20.1. The van der Waals surface area contributed by atoms with Gasteiger partial charge in [-0.1, -0.05) is 18.0 Å². The average molecular weight is 417 g/mol. The molecule has 1 aliphatic carbocycles. The molecule has 1 aliphatic heterocycles. The van der Waals surface area contributed by atoms with Crippen molar-refractivity contribution in [2.75, 3.05) is 26.2 Å². The highest BCUT2D eigenvalue weighted by atomic mass is 35.5. The van der Waals surface area contributed by atoms with Crippen LogP contribution in [0.3, 0.4) is 0 Å². The van der Waals surface area contributed by atoms with E-state index in [4.69, 9.17) is 11.6 Å². The van der Waals surface area contributed by atoms with Crippen molar-refractivity contribution in [3.05, 3.63) is 47.2 Å². The Morgan fingerprint density at radius 1 is 1.00 bits per heavy atom. The minimum absolute atomic E-state index is 0.299. The second-order valence-electron chi connectivity index (χ2n) is 8.67. The molecule has 5 nitrogen and oxygen atoms in total. The number of aromatic nitrogens is 2. The van der Waals surface area contributed by atoms with Gasteiger partial charge in [0.1, 0.15) is 32.2 Å². The van der Waals surface area contributed by atoms with Gasteiger partial charge >= 0.3 is 0 Å².